The molecule has 2 heterocycles. The molecule has 0 saturated carbocycles. The largest absolute Gasteiger partial charge is 0.363 e. The van der Waals surface area contributed by atoms with Crippen molar-refractivity contribution >= 4 is 32.3 Å². The van der Waals surface area contributed by atoms with E-state index in [1.165, 1.54) is 18.3 Å². The lowest BCUT2D eigenvalue weighted by Gasteiger charge is -2.29. The Morgan fingerprint density at radius 2 is 1.78 bits per heavy atom. The second-order valence-corrected chi connectivity index (χ2v) is 8.14. The highest BCUT2D eigenvalue weighted by atomic mass is 32.2. The SMILES string of the molecule is O=[N+]([O-])c1cc(S(=O)(=O)n2ccc3ccccc32)ccc1N1CCNCC1. The minimum atomic E-state index is -3.94. The van der Waals surface area contributed by atoms with Gasteiger partial charge in [-0.2, -0.15) is 0 Å². The van der Waals surface area contributed by atoms with Crippen LogP contribution >= 0.6 is 0 Å². The summed E-state index contributed by atoms with van der Waals surface area (Å²) in [5.74, 6) is 0. The second kappa shape index (κ2) is 6.67. The molecule has 1 aromatic heterocycles. The van der Waals surface area contributed by atoms with Crippen molar-refractivity contribution in [1.29, 1.82) is 0 Å². The zero-order valence-corrected chi connectivity index (χ0v) is 15.2. The average molecular weight is 386 g/mol. The summed E-state index contributed by atoms with van der Waals surface area (Å²) in [6, 6.07) is 12.9. The third-order valence-electron chi connectivity index (χ3n) is 4.72. The number of anilines is 1. The smallest absolute Gasteiger partial charge is 0.293 e. The Hall–Kier alpha value is -2.91. The molecule has 0 aliphatic carbocycles. The average Bonchev–Trinajstić information content (AvgIpc) is 3.13. The van der Waals surface area contributed by atoms with Crippen LogP contribution in [0.2, 0.25) is 0 Å². The van der Waals surface area contributed by atoms with Crippen LogP contribution in [-0.4, -0.2) is 43.5 Å². The number of hydrogen-bond acceptors (Lipinski definition) is 6. The van der Waals surface area contributed by atoms with Gasteiger partial charge in [0.05, 0.1) is 15.3 Å². The normalized spacial score (nSPS) is 15.2. The molecule has 27 heavy (non-hydrogen) atoms. The first-order valence-corrected chi connectivity index (χ1v) is 9.98. The summed E-state index contributed by atoms with van der Waals surface area (Å²) in [6.07, 6.45) is 1.47. The van der Waals surface area contributed by atoms with Crippen molar-refractivity contribution in [1.82, 2.24) is 9.29 Å². The summed E-state index contributed by atoms with van der Waals surface area (Å²) in [7, 11) is -3.94. The number of piperazine rings is 1. The van der Waals surface area contributed by atoms with Crippen LogP contribution in [0.15, 0.2) is 59.6 Å². The highest BCUT2D eigenvalue weighted by Crippen LogP contribution is 2.32. The predicted octanol–water partition coefficient (Wildman–Crippen LogP) is 2.20. The van der Waals surface area contributed by atoms with Crippen molar-refractivity contribution in [3.05, 3.63) is 64.8 Å². The molecule has 9 heteroatoms. The molecule has 1 saturated heterocycles. The number of fused-ring (bicyclic) bond motifs is 1. The number of hydrogen-bond donors (Lipinski definition) is 1. The van der Waals surface area contributed by atoms with E-state index in [-0.39, 0.29) is 10.6 Å². The molecule has 0 spiro atoms. The van der Waals surface area contributed by atoms with Gasteiger partial charge >= 0.3 is 0 Å². The third kappa shape index (κ3) is 3.04. The fourth-order valence-corrected chi connectivity index (χ4v) is 4.74. The maximum atomic E-state index is 13.1. The van der Waals surface area contributed by atoms with E-state index < -0.39 is 14.9 Å². The van der Waals surface area contributed by atoms with Gasteiger partial charge in [0.25, 0.3) is 15.7 Å². The van der Waals surface area contributed by atoms with Gasteiger partial charge in [0.15, 0.2) is 0 Å². The molecule has 2 aromatic carbocycles. The van der Waals surface area contributed by atoms with E-state index >= 15 is 0 Å². The van der Waals surface area contributed by atoms with Crippen LogP contribution in [-0.2, 0) is 10.0 Å². The summed E-state index contributed by atoms with van der Waals surface area (Å²) in [5, 5.41) is 15.6. The van der Waals surface area contributed by atoms with Crippen LogP contribution in [0.4, 0.5) is 11.4 Å². The number of nitrogens with zero attached hydrogens (tertiary/aromatic N) is 3. The van der Waals surface area contributed by atoms with Gasteiger partial charge in [-0.1, -0.05) is 18.2 Å². The summed E-state index contributed by atoms with van der Waals surface area (Å²) in [5.41, 5.74) is 0.776. The molecule has 8 nitrogen and oxygen atoms in total. The van der Waals surface area contributed by atoms with Crippen molar-refractivity contribution in [2.45, 2.75) is 4.90 Å². The molecule has 140 valence electrons. The first kappa shape index (κ1) is 17.5. The highest BCUT2D eigenvalue weighted by molar-refractivity contribution is 7.90. The molecule has 4 rings (SSSR count). The van der Waals surface area contributed by atoms with E-state index in [9.17, 15) is 18.5 Å². The Bertz CT molecular complexity index is 1120. The molecule has 1 N–H and O–H groups in total. The molecule has 1 aliphatic rings. The molecular weight excluding hydrogens is 368 g/mol. The van der Waals surface area contributed by atoms with Crippen LogP contribution in [0.5, 0.6) is 0 Å². The molecule has 1 aliphatic heterocycles. The van der Waals surface area contributed by atoms with Crippen molar-refractivity contribution in [3.63, 3.8) is 0 Å². The Balaban J connectivity index is 1.81. The topological polar surface area (TPSA) is 97.5 Å². The van der Waals surface area contributed by atoms with E-state index in [0.717, 1.165) is 28.5 Å². The lowest BCUT2D eigenvalue weighted by atomic mass is 10.2. The van der Waals surface area contributed by atoms with Crippen LogP contribution in [0, 0.1) is 10.1 Å². The Kier molecular flexibility index (Phi) is 4.33. The van der Waals surface area contributed by atoms with Gasteiger partial charge in [-0.15, -0.1) is 0 Å². The number of nitro benzene ring substituents is 1. The van der Waals surface area contributed by atoms with E-state index in [2.05, 4.69) is 5.32 Å². The quantitative estimate of drug-likeness (QED) is 0.545. The van der Waals surface area contributed by atoms with Crippen LogP contribution < -0.4 is 10.2 Å². The minimum absolute atomic E-state index is 0.102. The summed E-state index contributed by atoms with van der Waals surface area (Å²) in [6.45, 7) is 2.73. The van der Waals surface area contributed by atoms with Gasteiger partial charge in [-0.3, -0.25) is 10.1 Å². The van der Waals surface area contributed by atoms with E-state index in [0.29, 0.717) is 24.3 Å². The number of benzene rings is 2. The van der Waals surface area contributed by atoms with Crippen molar-refractivity contribution < 1.29 is 13.3 Å². The Labute approximate surface area is 156 Å². The predicted molar refractivity (Wildman–Crippen MR) is 103 cm³/mol. The second-order valence-electron chi connectivity index (χ2n) is 6.32. The van der Waals surface area contributed by atoms with E-state index in [4.69, 9.17) is 0 Å². The van der Waals surface area contributed by atoms with Crippen LogP contribution in [0.25, 0.3) is 10.9 Å². The number of nitrogens with one attached hydrogen (secondary N) is 1. The molecule has 3 aromatic rings. The number of para-hydroxylation sites is 1. The highest BCUT2D eigenvalue weighted by Gasteiger charge is 2.26. The lowest BCUT2D eigenvalue weighted by Crippen LogP contribution is -2.43. The van der Waals surface area contributed by atoms with Gasteiger partial charge in [0.1, 0.15) is 5.69 Å². The number of nitro groups is 1. The van der Waals surface area contributed by atoms with Crippen LogP contribution in [0.3, 0.4) is 0 Å². The van der Waals surface area contributed by atoms with Gasteiger partial charge in [-0.25, -0.2) is 12.4 Å². The monoisotopic (exact) mass is 386 g/mol. The lowest BCUT2D eigenvalue weighted by molar-refractivity contribution is -0.384. The minimum Gasteiger partial charge on any atom is -0.363 e. The van der Waals surface area contributed by atoms with Gasteiger partial charge < -0.3 is 10.2 Å². The zero-order chi connectivity index (χ0) is 19.0. The Morgan fingerprint density at radius 3 is 2.52 bits per heavy atom. The molecule has 1 fully saturated rings. The third-order valence-corrected chi connectivity index (χ3v) is 6.41. The molecule has 0 unspecified atom stereocenters. The molecular formula is C18H18N4O4S. The van der Waals surface area contributed by atoms with Crippen LogP contribution in [0.1, 0.15) is 0 Å². The zero-order valence-electron chi connectivity index (χ0n) is 14.4. The van der Waals surface area contributed by atoms with Crippen molar-refractivity contribution in [2.75, 3.05) is 31.1 Å². The summed E-state index contributed by atoms with van der Waals surface area (Å²) in [4.78, 5) is 12.9. The standard InChI is InChI=1S/C18H18N4O4S/c23-22(24)18-13-15(5-6-17(18)20-11-8-19-9-12-20)27(25,26)21-10-7-14-3-1-2-4-16(14)21/h1-7,10,13,19H,8-9,11-12H2. The molecule has 0 radical (unpaired) electrons. The first-order chi connectivity index (χ1) is 13.0. The van der Waals surface area contributed by atoms with Gasteiger partial charge in [0, 0.05) is 43.8 Å². The fraction of sp³-hybridized carbons (Fsp3) is 0.222. The van der Waals surface area contributed by atoms with E-state index in [1.807, 2.05) is 17.0 Å². The molecule has 0 atom stereocenters. The summed E-state index contributed by atoms with van der Waals surface area (Å²) < 4.78 is 27.3. The molecule has 0 amide bonds. The first-order valence-electron chi connectivity index (χ1n) is 8.54. The maximum absolute atomic E-state index is 13.1. The maximum Gasteiger partial charge on any atom is 0.293 e. The Morgan fingerprint density at radius 1 is 1.04 bits per heavy atom. The summed E-state index contributed by atoms with van der Waals surface area (Å²) >= 11 is 0. The van der Waals surface area contributed by atoms with Crippen molar-refractivity contribution in [3.8, 4) is 0 Å². The van der Waals surface area contributed by atoms with Crippen molar-refractivity contribution in [2.24, 2.45) is 0 Å². The number of aromatic nitrogens is 1. The number of rotatable bonds is 4. The fourth-order valence-electron chi connectivity index (χ4n) is 3.36. The van der Waals surface area contributed by atoms with E-state index in [1.54, 1.807) is 18.2 Å². The van der Waals surface area contributed by atoms with Gasteiger partial charge in [0.2, 0.25) is 0 Å². The molecule has 0 bridgehead atoms. The van der Waals surface area contributed by atoms with Gasteiger partial charge in [-0.05, 0) is 24.3 Å².